The molecule has 0 saturated carbocycles. The number of fused-ring (bicyclic) bond motifs is 1. The summed E-state index contributed by atoms with van der Waals surface area (Å²) in [7, 11) is 0. The van der Waals surface area contributed by atoms with E-state index < -0.39 is 0 Å². The lowest BCUT2D eigenvalue weighted by Gasteiger charge is -2.21. The molecule has 0 amide bonds. The van der Waals surface area contributed by atoms with Gasteiger partial charge in [0.15, 0.2) is 0 Å². The van der Waals surface area contributed by atoms with Gasteiger partial charge in [0.05, 0.1) is 5.69 Å². The largest absolute Gasteiger partial charge is 0.332 e. The van der Waals surface area contributed by atoms with Gasteiger partial charge < -0.3 is 10.3 Å². The SMILES string of the molecule is Cc1nc2n(c1CCN)CCC(C)C2. The summed E-state index contributed by atoms with van der Waals surface area (Å²) >= 11 is 0. The molecule has 0 spiro atoms. The smallest absolute Gasteiger partial charge is 0.109 e. The van der Waals surface area contributed by atoms with E-state index in [1.807, 2.05) is 0 Å². The second-order valence-electron chi connectivity index (χ2n) is 4.35. The van der Waals surface area contributed by atoms with Gasteiger partial charge >= 0.3 is 0 Å². The highest BCUT2D eigenvalue weighted by molar-refractivity contribution is 5.18. The van der Waals surface area contributed by atoms with Crippen LogP contribution >= 0.6 is 0 Å². The van der Waals surface area contributed by atoms with Gasteiger partial charge in [-0.15, -0.1) is 0 Å². The minimum absolute atomic E-state index is 0.724. The normalized spacial score (nSPS) is 20.9. The van der Waals surface area contributed by atoms with E-state index >= 15 is 0 Å². The molecule has 14 heavy (non-hydrogen) atoms. The summed E-state index contributed by atoms with van der Waals surface area (Å²) in [6.07, 6.45) is 3.37. The maximum Gasteiger partial charge on any atom is 0.109 e. The van der Waals surface area contributed by atoms with Gasteiger partial charge in [-0.2, -0.15) is 0 Å². The van der Waals surface area contributed by atoms with Crippen molar-refractivity contribution < 1.29 is 0 Å². The van der Waals surface area contributed by atoms with Crippen LogP contribution in [0.3, 0.4) is 0 Å². The molecule has 1 aromatic rings. The molecule has 0 aromatic carbocycles. The first-order chi connectivity index (χ1) is 6.72. The van der Waals surface area contributed by atoms with Crippen LogP contribution in [0.5, 0.6) is 0 Å². The Morgan fingerprint density at radius 3 is 3.07 bits per heavy atom. The molecule has 0 saturated heterocycles. The van der Waals surface area contributed by atoms with Gasteiger partial charge in [-0.3, -0.25) is 0 Å². The minimum Gasteiger partial charge on any atom is -0.332 e. The predicted molar refractivity (Wildman–Crippen MR) is 57.2 cm³/mol. The van der Waals surface area contributed by atoms with Crippen LogP contribution in [0.25, 0.3) is 0 Å². The molecule has 1 atom stereocenters. The Morgan fingerprint density at radius 2 is 2.36 bits per heavy atom. The zero-order chi connectivity index (χ0) is 10.1. The third-order valence-electron chi connectivity index (χ3n) is 3.11. The van der Waals surface area contributed by atoms with E-state index in [1.54, 1.807) is 0 Å². The highest BCUT2D eigenvalue weighted by Gasteiger charge is 2.20. The second-order valence-corrected chi connectivity index (χ2v) is 4.35. The highest BCUT2D eigenvalue weighted by atomic mass is 15.1. The first-order valence-electron chi connectivity index (χ1n) is 5.47. The predicted octanol–water partition coefficient (Wildman–Crippen LogP) is 1.28. The number of nitrogens with two attached hydrogens (primary N) is 1. The third kappa shape index (κ3) is 1.57. The molecule has 0 bridgehead atoms. The molecule has 3 nitrogen and oxygen atoms in total. The molecular formula is C11H19N3. The van der Waals surface area contributed by atoms with E-state index in [0.717, 1.165) is 31.8 Å². The summed E-state index contributed by atoms with van der Waals surface area (Å²) in [6, 6.07) is 0. The Morgan fingerprint density at radius 1 is 1.57 bits per heavy atom. The topological polar surface area (TPSA) is 43.8 Å². The molecule has 1 aromatic heterocycles. The van der Waals surface area contributed by atoms with Crippen molar-refractivity contribution in [3.8, 4) is 0 Å². The monoisotopic (exact) mass is 193 g/mol. The van der Waals surface area contributed by atoms with E-state index in [2.05, 4.69) is 23.4 Å². The number of hydrogen-bond donors (Lipinski definition) is 1. The highest BCUT2D eigenvalue weighted by Crippen LogP contribution is 2.23. The maximum atomic E-state index is 5.61. The van der Waals surface area contributed by atoms with Crippen LogP contribution in [-0.4, -0.2) is 16.1 Å². The Kier molecular flexibility index (Phi) is 2.59. The summed E-state index contributed by atoms with van der Waals surface area (Å²) < 4.78 is 2.38. The summed E-state index contributed by atoms with van der Waals surface area (Å²) in [5.41, 5.74) is 8.14. The lowest BCUT2D eigenvalue weighted by molar-refractivity contribution is 0.403. The quantitative estimate of drug-likeness (QED) is 0.769. The van der Waals surface area contributed by atoms with Crippen molar-refractivity contribution in [3.63, 3.8) is 0 Å². The van der Waals surface area contributed by atoms with Gasteiger partial charge in [0.25, 0.3) is 0 Å². The van der Waals surface area contributed by atoms with Crippen molar-refractivity contribution >= 4 is 0 Å². The van der Waals surface area contributed by atoms with Crippen LogP contribution in [-0.2, 0) is 19.4 Å². The third-order valence-corrected chi connectivity index (χ3v) is 3.11. The number of aryl methyl sites for hydroxylation is 1. The maximum absolute atomic E-state index is 5.61. The summed E-state index contributed by atoms with van der Waals surface area (Å²) in [6.45, 7) is 6.26. The number of aromatic nitrogens is 2. The number of rotatable bonds is 2. The van der Waals surface area contributed by atoms with Crippen LogP contribution < -0.4 is 5.73 Å². The van der Waals surface area contributed by atoms with Crippen molar-refractivity contribution in [1.82, 2.24) is 9.55 Å². The zero-order valence-corrected chi connectivity index (χ0v) is 9.08. The summed E-state index contributed by atoms with van der Waals surface area (Å²) in [4.78, 5) is 4.63. The molecule has 1 aliphatic rings. The Bertz CT molecular complexity index is 328. The van der Waals surface area contributed by atoms with Crippen LogP contribution in [0.4, 0.5) is 0 Å². The molecule has 1 aliphatic heterocycles. The van der Waals surface area contributed by atoms with Gasteiger partial charge in [-0.1, -0.05) is 6.92 Å². The molecule has 0 fully saturated rings. The van der Waals surface area contributed by atoms with Crippen molar-refractivity contribution in [2.75, 3.05) is 6.54 Å². The molecule has 1 unspecified atom stereocenters. The van der Waals surface area contributed by atoms with Gasteiger partial charge in [-0.05, 0) is 25.8 Å². The van der Waals surface area contributed by atoms with Crippen molar-refractivity contribution in [1.29, 1.82) is 0 Å². The van der Waals surface area contributed by atoms with Crippen molar-refractivity contribution in [2.24, 2.45) is 11.7 Å². The van der Waals surface area contributed by atoms with E-state index in [-0.39, 0.29) is 0 Å². The van der Waals surface area contributed by atoms with E-state index in [4.69, 9.17) is 5.73 Å². The average molecular weight is 193 g/mol. The van der Waals surface area contributed by atoms with Gasteiger partial charge in [0.2, 0.25) is 0 Å². The minimum atomic E-state index is 0.724. The van der Waals surface area contributed by atoms with Gasteiger partial charge in [-0.25, -0.2) is 4.98 Å². The Labute approximate surface area is 85.3 Å². The van der Waals surface area contributed by atoms with Crippen LogP contribution in [0, 0.1) is 12.8 Å². The Balaban J connectivity index is 2.33. The van der Waals surface area contributed by atoms with Crippen LogP contribution in [0.15, 0.2) is 0 Å². The number of imidazole rings is 1. The van der Waals surface area contributed by atoms with Crippen LogP contribution in [0.1, 0.15) is 30.6 Å². The first-order valence-corrected chi connectivity index (χ1v) is 5.47. The Hall–Kier alpha value is -0.830. The fraction of sp³-hybridized carbons (Fsp3) is 0.727. The summed E-state index contributed by atoms with van der Waals surface area (Å²) in [5, 5.41) is 0. The first kappa shape index (κ1) is 9.71. The van der Waals surface area contributed by atoms with E-state index in [0.29, 0.717) is 0 Å². The molecule has 2 N–H and O–H groups in total. The van der Waals surface area contributed by atoms with E-state index in [9.17, 15) is 0 Å². The molecular weight excluding hydrogens is 174 g/mol. The fourth-order valence-electron chi connectivity index (χ4n) is 2.31. The lowest BCUT2D eigenvalue weighted by Crippen LogP contribution is -2.20. The molecule has 0 radical (unpaired) electrons. The average Bonchev–Trinajstić information content (AvgIpc) is 2.43. The van der Waals surface area contributed by atoms with Crippen molar-refractivity contribution in [2.45, 2.75) is 39.7 Å². The lowest BCUT2D eigenvalue weighted by atomic mass is 10.0. The molecule has 0 aliphatic carbocycles. The zero-order valence-electron chi connectivity index (χ0n) is 9.08. The van der Waals surface area contributed by atoms with E-state index in [1.165, 1.54) is 23.6 Å². The number of nitrogens with zero attached hydrogens (tertiary/aromatic N) is 2. The fourth-order valence-corrected chi connectivity index (χ4v) is 2.31. The van der Waals surface area contributed by atoms with Crippen molar-refractivity contribution in [3.05, 3.63) is 17.2 Å². The second kappa shape index (κ2) is 3.73. The standard InChI is InChI=1S/C11H19N3/c1-8-4-6-14-10(3-5-12)9(2)13-11(14)7-8/h8H,3-7,12H2,1-2H3. The van der Waals surface area contributed by atoms with Gasteiger partial charge in [0, 0.05) is 25.1 Å². The van der Waals surface area contributed by atoms with Crippen LogP contribution in [0.2, 0.25) is 0 Å². The molecule has 2 rings (SSSR count). The summed E-state index contributed by atoms with van der Waals surface area (Å²) in [5.74, 6) is 2.06. The molecule has 3 heteroatoms. The van der Waals surface area contributed by atoms with Gasteiger partial charge in [0.1, 0.15) is 5.82 Å². The molecule has 78 valence electrons. The molecule has 2 heterocycles. The number of hydrogen-bond acceptors (Lipinski definition) is 2.